The van der Waals surface area contributed by atoms with Crippen LogP contribution in [0, 0.1) is 5.92 Å². The standard InChI is InChI=1S/C21H22O5S2/c1-16(27(23,24)18-10-4-2-5-11-18)21(15-17-9-8-14-20(17)22)28(25,26)19-12-6-3-7-13-19/h2-7,10-13,17,21H,1,8-9,14-15H2. The van der Waals surface area contributed by atoms with Crippen LogP contribution in [0.2, 0.25) is 0 Å². The average molecular weight is 419 g/mol. The minimum Gasteiger partial charge on any atom is -0.299 e. The quantitative estimate of drug-likeness (QED) is 0.686. The van der Waals surface area contributed by atoms with Gasteiger partial charge in [0.05, 0.1) is 14.7 Å². The number of rotatable bonds is 7. The fourth-order valence-corrected chi connectivity index (χ4v) is 7.24. The molecule has 28 heavy (non-hydrogen) atoms. The van der Waals surface area contributed by atoms with Gasteiger partial charge in [-0.25, -0.2) is 16.8 Å². The lowest BCUT2D eigenvalue weighted by molar-refractivity contribution is -0.120. The van der Waals surface area contributed by atoms with Crippen LogP contribution in [0.5, 0.6) is 0 Å². The fraction of sp³-hybridized carbons (Fsp3) is 0.286. The highest BCUT2D eigenvalue weighted by atomic mass is 32.2. The second kappa shape index (κ2) is 8.01. The van der Waals surface area contributed by atoms with Crippen LogP contribution in [-0.4, -0.2) is 27.9 Å². The van der Waals surface area contributed by atoms with Gasteiger partial charge in [0.15, 0.2) is 9.84 Å². The number of hydrogen-bond acceptors (Lipinski definition) is 5. The molecule has 1 aliphatic rings. The van der Waals surface area contributed by atoms with E-state index in [-0.39, 0.29) is 26.9 Å². The topological polar surface area (TPSA) is 85.3 Å². The van der Waals surface area contributed by atoms with Gasteiger partial charge in [-0.15, -0.1) is 0 Å². The van der Waals surface area contributed by atoms with Gasteiger partial charge in [-0.2, -0.15) is 0 Å². The molecule has 0 aliphatic heterocycles. The SMILES string of the molecule is C=C(C(CC1CCCC1=O)S(=O)(=O)c1ccccc1)S(=O)(=O)c1ccccc1. The molecule has 148 valence electrons. The molecule has 3 rings (SSSR count). The molecule has 1 saturated carbocycles. The molecule has 0 N–H and O–H groups in total. The molecule has 5 nitrogen and oxygen atoms in total. The average Bonchev–Trinajstić information content (AvgIpc) is 3.11. The molecule has 1 aliphatic carbocycles. The molecule has 0 heterocycles. The van der Waals surface area contributed by atoms with Crippen LogP contribution in [0.25, 0.3) is 0 Å². The van der Waals surface area contributed by atoms with Crippen LogP contribution in [0.3, 0.4) is 0 Å². The molecule has 1 fully saturated rings. The largest absolute Gasteiger partial charge is 0.299 e. The maximum Gasteiger partial charge on any atom is 0.203 e. The smallest absolute Gasteiger partial charge is 0.203 e. The molecular formula is C21H22O5S2. The van der Waals surface area contributed by atoms with Gasteiger partial charge < -0.3 is 0 Å². The van der Waals surface area contributed by atoms with E-state index in [1.165, 1.54) is 24.3 Å². The summed E-state index contributed by atoms with van der Waals surface area (Å²) in [4.78, 5) is 11.8. The first-order chi connectivity index (χ1) is 13.2. The van der Waals surface area contributed by atoms with Crippen molar-refractivity contribution < 1.29 is 21.6 Å². The Bertz CT molecular complexity index is 1070. The lowest BCUT2D eigenvalue weighted by Gasteiger charge is -2.22. The summed E-state index contributed by atoms with van der Waals surface area (Å²) < 4.78 is 52.7. The third kappa shape index (κ3) is 3.95. The Balaban J connectivity index is 2.06. The zero-order valence-corrected chi connectivity index (χ0v) is 17.0. The van der Waals surface area contributed by atoms with E-state index in [1.807, 2.05) is 0 Å². The Morgan fingerprint density at radius 2 is 1.46 bits per heavy atom. The van der Waals surface area contributed by atoms with E-state index in [9.17, 15) is 21.6 Å². The molecule has 0 aromatic heterocycles. The maximum absolute atomic E-state index is 13.3. The van der Waals surface area contributed by atoms with Crippen molar-refractivity contribution in [2.45, 2.75) is 40.7 Å². The molecular weight excluding hydrogens is 396 g/mol. The summed E-state index contributed by atoms with van der Waals surface area (Å²) in [6.07, 6.45) is 1.60. The van der Waals surface area contributed by atoms with Crippen molar-refractivity contribution in [3.63, 3.8) is 0 Å². The number of ketones is 1. The van der Waals surface area contributed by atoms with E-state index in [1.54, 1.807) is 36.4 Å². The van der Waals surface area contributed by atoms with Gasteiger partial charge in [0.25, 0.3) is 0 Å². The molecule has 0 amide bonds. The summed E-state index contributed by atoms with van der Waals surface area (Å²) in [5.41, 5.74) is 0. The molecule has 0 saturated heterocycles. The van der Waals surface area contributed by atoms with Crippen LogP contribution in [0.1, 0.15) is 25.7 Å². The van der Waals surface area contributed by atoms with Crippen molar-refractivity contribution in [1.29, 1.82) is 0 Å². The second-order valence-corrected chi connectivity index (χ2v) is 11.1. The van der Waals surface area contributed by atoms with Crippen LogP contribution >= 0.6 is 0 Å². The highest BCUT2D eigenvalue weighted by Gasteiger charge is 2.40. The monoisotopic (exact) mass is 418 g/mol. The number of carbonyl (C=O) groups is 1. The van der Waals surface area contributed by atoms with E-state index in [4.69, 9.17) is 0 Å². The van der Waals surface area contributed by atoms with Crippen molar-refractivity contribution >= 4 is 25.5 Å². The molecule has 0 spiro atoms. The maximum atomic E-state index is 13.3. The van der Waals surface area contributed by atoms with Crippen molar-refractivity contribution in [3.05, 3.63) is 72.1 Å². The van der Waals surface area contributed by atoms with Gasteiger partial charge in [0.2, 0.25) is 9.84 Å². The number of hydrogen-bond donors (Lipinski definition) is 0. The Kier molecular flexibility index (Phi) is 5.86. The summed E-state index contributed by atoms with van der Waals surface area (Å²) in [5, 5.41) is -1.38. The molecule has 2 unspecified atom stereocenters. The first-order valence-corrected chi connectivity index (χ1v) is 12.1. The first kappa shape index (κ1) is 20.5. The summed E-state index contributed by atoms with van der Waals surface area (Å²) in [5.74, 6) is -0.482. The molecule has 2 atom stereocenters. The van der Waals surface area contributed by atoms with Gasteiger partial charge in [-0.3, -0.25) is 4.79 Å². The predicted octanol–water partition coefficient (Wildman–Crippen LogP) is 3.58. The number of Topliss-reactive ketones (excluding diaryl/α,β-unsaturated/α-hetero) is 1. The molecule has 0 radical (unpaired) electrons. The Hall–Kier alpha value is -2.25. The molecule has 7 heteroatoms. The van der Waals surface area contributed by atoms with Crippen molar-refractivity contribution in [2.24, 2.45) is 5.92 Å². The van der Waals surface area contributed by atoms with Gasteiger partial charge in [-0.1, -0.05) is 43.0 Å². The van der Waals surface area contributed by atoms with E-state index in [0.717, 1.165) is 0 Å². The third-order valence-corrected chi connectivity index (χ3v) is 9.31. The Morgan fingerprint density at radius 1 is 0.929 bits per heavy atom. The normalized spacial score (nSPS) is 18.7. The highest BCUT2D eigenvalue weighted by Crippen LogP contribution is 2.35. The van der Waals surface area contributed by atoms with Gasteiger partial charge in [0.1, 0.15) is 11.0 Å². The van der Waals surface area contributed by atoms with E-state index >= 15 is 0 Å². The van der Waals surface area contributed by atoms with Gasteiger partial charge >= 0.3 is 0 Å². The summed E-state index contributed by atoms with van der Waals surface area (Å²) in [7, 11) is -8.11. The van der Waals surface area contributed by atoms with Crippen LogP contribution in [0.4, 0.5) is 0 Å². The van der Waals surface area contributed by atoms with Crippen LogP contribution in [0.15, 0.2) is 81.9 Å². The molecule has 2 aromatic rings. The lowest BCUT2D eigenvalue weighted by atomic mass is 10.0. The van der Waals surface area contributed by atoms with E-state index in [0.29, 0.717) is 19.3 Å². The van der Waals surface area contributed by atoms with Crippen LogP contribution in [-0.2, 0) is 24.5 Å². The summed E-state index contributed by atoms with van der Waals surface area (Å²) in [6, 6.07) is 15.4. The Morgan fingerprint density at radius 3 is 1.96 bits per heavy atom. The van der Waals surface area contributed by atoms with E-state index in [2.05, 4.69) is 6.58 Å². The number of carbonyl (C=O) groups excluding carboxylic acids is 1. The summed E-state index contributed by atoms with van der Waals surface area (Å²) in [6.45, 7) is 3.68. The number of benzene rings is 2. The summed E-state index contributed by atoms with van der Waals surface area (Å²) >= 11 is 0. The minimum absolute atomic E-state index is 0.00832. The minimum atomic E-state index is -4.07. The van der Waals surface area contributed by atoms with Gasteiger partial charge in [0, 0.05) is 12.3 Å². The number of sulfone groups is 2. The molecule has 2 aromatic carbocycles. The van der Waals surface area contributed by atoms with Crippen molar-refractivity contribution in [3.8, 4) is 0 Å². The van der Waals surface area contributed by atoms with Crippen molar-refractivity contribution in [2.75, 3.05) is 0 Å². The van der Waals surface area contributed by atoms with Crippen LogP contribution < -0.4 is 0 Å². The fourth-order valence-electron chi connectivity index (χ4n) is 3.53. The van der Waals surface area contributed by atoms with Gasteiger partial charge in [-0.05, 0) is 43.5 Å². The zero-order chi connectivity index (χ0) is 20.4. The lowest BCUT2D eigenvalue weighted by Crippen LogP contribution is -2.31. The van der Waals surface area contributed by atoms with Crippen molar-refractivity contribution in [1.82, 2.24) is 0 Å². The zero-order valence-electron chi connectivity index (χ0n) is 15.3. The van der Waals surface area contributed by atoms with E-state index < -0.39 is 30.8 Å². The molecule has 0 bridgehead atoms. The predicted molar refractivity (Wildman–Crippen MR) is 107 cm³/mol. The highest BCUT2D eigenvalue weighted by molar-refractivity contribution is 7.98. The Labute approximate surface area is 165 Å². The third-order valence-electron chi connectivity index (χ3n) is 5.13. The first-order valence-electron chi connectivity index (χ1n) is 9.05. The second-order valence-electron chi connectivity index (χ2n) is 6.92.